The fraction of sp³-hybridized carbons (Fsp3) is 0.333. The number of anilines is 1. The SMILES string of the molecule is CNC(=O)c1cc(-c2cc(-c3cc(NC(=O)N4CC[C@H](C(C)C)C4)ccc3C)ccn2)ccn1. The molecule has 3 aromatic rings. The number of hydrogen-bond acceptors (Lipinski definition) is 4. The van der Waals surface area contributed by atoms with Crippen molar-refractivity contribution in [3.8, 4) is 22.4 Å². The third-order valence-electron chi connectivity index (χ3n) is 6.53. The summed E-state index contributed by atoms with van der Waals surface area (Å²) >= 11 is 0. The van der Waals surface area contributed by atoms with E-state index in [1.807, 2.05) is 48.2 Å². The smallest absolute Gasteiger partial charge is 0.321 e. The quantitative estimate of drug-likeness (QED) is 0.565. The Morgan fingerprint density at radius 2 is 1.79 bits per heavy atom. The highest BCUT2D eigenvalue weighted by atomic mass is 16.2. The van der Waals surface area contributed by atoms with Gasteiger partial charge in [-0.2, -0.15) is 0 Å². The first-order valence-electron chi connectivity index (χ1n) is 11.7. The maximum atomic E-state index is 12.8. The van der Waals surface area contributed by atoms with Crippen LogP contribution in [0.5, 0.6) is 0 Å². The van der Waals surface area contributed by atoms with Crippen molar-refractivity contribution < 1.29 is 9.59 Å². The summed E-state index contributed by atoms with van der Waals surface area (Å²) < 4.78 is 0. The largest absolute Gasteiger partial charge is 0.354 e. The summed E-state index contributed by atoms with van der Waals surface area (Å²) in [5.74, 6) is 0.902. The number of carbonyl (C=O) groups excluding carboxylic acids is 2. The predicted molar refractivity (Wildman–Crippen MR) is 135 cm³/mol. The molecule has 1 saturated heterocycles. The third-order valence-corrected chi connectivity index (χ3v) is 6.53. The van der Waals surface area contributed by atoms with Gasteiger partial charge in [-0.1, -0.05) is 19.9 Å². The van der Waals surface area contributed by atoms with E-state index in [-0.39, 0.29) is 11.9 Å². The summed E-state index contributed by atoms with van der Waals surface area (Å²) in [7, 11) is 1.58. The average Bonchev–Trinajstić information content (AvgIpc) is 3.36. The maximum Gasteiger partial charge on any atom is 0.321 e. The summed E-state index contributed by atoms with van der Waals surface area (Å²) in [5, 5.41) is 5.67. The molecule has 3 heterocycles. The molecular weight excluding hydrogens is 426 g/mol. The van der Waals surface area contributed by atoms with Gasteiger partial charge in [-0.05, 0) is 78.3 Å². The van der Waals surface area contributed by atoms with Gasteiger partial charge in [-0.3, -0.25) is 14.8 Å². The van der Waals surface area contributed by atoms with Crippen molar-refractivity contribution in [2.24, 2.45) is 11.8 Å². The molecule has 0 spiro atoms. The maximum absolute atomic E-state index is 12.8. The average molecular weight is 458 g/mol. The molecule has 176 valence electrons. The van der Waals surface area contributed by atoms with Gasteiger partial charge in [0.25, 0.3) is 5.91 Å². The van der Waals surface area contributed by atoms with Gasteiger partial charge < -0.3 is 15.5 Å². The number of urea groups is 1. The van der Waals surface area contributed by atoms with E-state index in [9.17, 15) is 9.59 Å². The second-order valence-corrected chi connectivity index (χ2v) is 9.14. The first-order chi connectivity index (χ1) is 16.4. The van der Waals surface area contributed by atoms with Gasteiger partial charge in [-0.15, -0.1) is 0 Å². The van der Waals surface area contributed by atoms with Crippen LogP contribution in [0.3, 0.4) is 0 Å². The number of likely N-dealkylation sites (tertiary alicyclic amines) is 1. The summed E-state index contributed by atoms with van der Waals surface area (Å²) in [5.41, 5.74) is 5.76. The minimum atomic E-state index is -0.241. The fourth-order valence-corrected chi connectivity index (χ4v) is 4.33. The minimum absolute atomic E-state index is 0.0492. The van der Waals surface area contributed by atoms with Crippen molar-refractivity contribution in [1.29, 1.82) is 0 Å². The van der Waals surface area contributed by atoms with Crippen LogP contribution in [-0.2, 0) is 0 Å². The Balaban J connectivity index is 1.57. The molecule has 7 heteroatoms. The highest BCUT2D eigenvalue weighted by molar-refractivity contribution is 5.93. The summed E-state index contributed by atoms with van der Waals surface area (Å²) in [4.78, 5) is 35.3. The molecule has 3 amide bonds. The van der Waals surface area contributed by atoms with Gasteiger partial charge in [0.05, 0.1) is 5.69 Å². The van der Waals surface area contributed by atoms with E-state index < -0.39 is 0 Å². The van der Waals surface area contributed by atoms with Crippen LogP contribution in [0, 0.1) is 18.8 Å². The summed E-state index contributed by atoms with van der Waals surface area (Å²) in [6.07, 6.45) is 4.42. The highest BCUT2D eigenvalue weighted by Crippen LogP contribution is 2.30. The van der Waals surface area contributed by atoms with E-state index in [4.69, 9.17) is 0 Å². The third kappa shape index (κ3) is 5.09. The molecule has 2 N–H and O–H groups in total. The number of nitrogens with zero attached hydrogens (tertiary/aromatic N) is 3. The summed E-state index contributed by atoms with van der Waals surface area (Å²) in [6, 6.07) is 13.4. The minimum Gasteiger partial charge on any atom is -0.354 e. The van der Waals surface area contributed by atoms with Gasteiger partial charge in [0.15, 0.2) is 0 Å². The second-order valence-electron chi connectivity index (χ2n) is 9.14. The summed E-state index contributed by atoms with van der Waals surface area (Å²) in [6.45, 7) is 8.08. The van der Waals surface area contributed by atoms with E-state index >= 15 is 0 Å². The standard InChI is InChI=1S/C27H31N5O2/c1-17(2)21-9-12-32(16-21)27(34)31-22-6-5-18(3)23(15-22)19-7-10-29-24(13-19)20-8-11-30-25(14-20)26(33)28-4/h5-8,10-11,13-15,17,21H,9,12,16H2,1-4H3,(H,28,33)(H,31,34)/t21-/m0/s1. The van der Waals surface area contributed by atoms with Crippen LogP contribution in [0.15, 0.2) is 54.9 Å². The van der Waals surface area contributed by atoms with Crippen molar-refractivity contribution >= 4 is 17.6 Å². The molecule has 1 aromatic carbocycles. The van der Waals surface area contributed by atoms with Crippen molar-refractivity contribution in [3.63, 3.8) is 0 Å². The first-order valence-corrected chi connectivity index (χ1v) is 11.7. The zero-order valence-corrected chi connectivity index (χ0v) is 20.1. The Labute approximate surface area is 200 Å². The Morgan fingerprint density at radius 3 is 2.53 bits per heavy atom. The van der Waals surface area contributed by atoms with Gasteiger partial charge in [0.1, 0.15) is 5.69 Å². The molecule has 7 nitrogen and oxygen atoms in total. The molecule has 1 atom stereocenters. The Morgan fingerprint density at radius 1 is 1.03 bits per heavy atom. The molecule has 1 aliphatic rings. The van der Waals surface area contributed by atoms with Gasteiger partial charge >= 0.3 is 6.03 Å². The van der Waals surface area contributed by atoms with Crippen LogP contribution < -0.4 is 10.6 Å². The van der Waals surface area contributed by atoms with Crippen LogP contribution in [0.2, 0.25) is 0 Å². The lowest BCUT2D eigenvalue weighted by atomic mass is 9.95. The molecule has 0 unspecified atom stereocenters. The van der Waals surface area contributed by atoms with E-state index in [0.717, 1.165) is 53.1 Å². The number of hydrogen-bond donors (Lipinski definition) is 2. The number of amides is 3. The number of aromatic nitrogens is 2. The number of carbonyl (C=O) groups is 2. The zero-order valence-electron chi connectivity index (χ0n) is 20.1. The Kier molecular flexibility index (Phi) is 6.91. The number of pyridine rings is 2. The van der Waals surface area contributed by atoms with Gasteiger partial charge in [0, 0.05) is 43.8 Å². The Hall–Kier alpha value is -3.74. The lowest BCUT2D eigenvalue weighted by molar-refractivity contribution is 0.0958. The van der Waals surface area contributed by atoms with E-state index in [1.165, 1.54) is 0 Å². The molecule has 2 aromatic heterocycles. The number of aryl methyl sites for hydroxylation is 1. The van der Waals surface area contributed by atoms with E-state index in [2.05, 4.69) is 34.4 Å². The fourth-order valence-electron chi connectivity index (χ4n) is 4.33. The molecule has 1 fully saturated rings. The molecule has 1 aliphatic heterocycles. The van der Waals surface area contributed by atoms with Crippen molar-refractivity contribution in [2.75, 3.05) is 25.5 Å². The first kappa shape index (κ1) is 23.4. The van der Waals surface area contributed by atoms with Crippen LogP contribution in [0.4, 0.5) is 10.5 Å². The van der Waals surface area contributed by atoms with E-state index in [0.29, 0.717) is 17.5 Å². The lowest BCUT2D eigenvalue weighted by Gasteiger charge is -2.19. The molecular formula is C27H31N5O2. The van der Waals surface area contributed by atoms with Crippen molar-refractivity contribution in [1.82, 2.24) is 20.2 Å². The normalized spacial score (nSPS) is 15.4. The van der Waals surface area contributed by atoms with E-state index in [1.54, 1.807) is 25.5 Å². The number of nitrogens with one attached hydrogen (secondary N) is 2. The van der Waals surface area contributed by atoms with Crippen LogP contribution in [0.25, 0.3) is 22.4 Å². The topological polar surface area (TPSA) is 87.2 Å². The zero-order chi connectivity index (χ0) is 24.2. The van der Waals surface area contributed by atoms with Crippen molar-refractivity contribution in [2.45, 2.75) is 27.2 Å². The Bertz CT molecular complexity index is 1210. The highest BCUT2D eigenvalue weighted by Gasteiger charge is 2.28. The van der Waals surface area contributed by atoms with Gasteiger partial charge in [-0.25, -0.2) is 4.79 Å². The number of rotatable bonds is 5. The van der Waals surface area contributed by atoms with Crippen LogP contribution in [-0.4, -0.2) is 46.9 Å². The van der Waals surface area contributed by atoms with Crippen LogP contribution in [0.1, 0.15) is 36.3 Å². The second kappa shape index (κ2) is 10.0. The van der Waals surface area contributed by atoms with Crippen LogP contribution >= 0.6 is 0 Å². The monoisotopic (exact) mass is 457 g/mol. The molecule has 34 heavy (non-hydrogen) atoms. The molecule has 0 aliphatic carbocycles. The molecule has 4 rings (SSSR count). The lowest BCUT2D eigenvalue weighted by Crippen LogP contribution is -2.33. The van der Waals surface area contributed by atoms with Crippen molar-refractivity contribution in [3.05, 3.63) is 66.1 Å². The van der Waals surface area contributed by atoms with Gasteiger partial charge in [0.2, 0.25) is 0 Å². The number of benzene rings is 1. The molecule has 0 radical (unpaired) electrons. The molecule has 0 bridgehead atoms. The predicted octanol–water partition coefficient (Wildman–Crippen LogP) is 4.99. The molecule has 0 saturated carbocycles.